The van der Waals surface area contributed by atoms with Gasteiger partial charge in [-0.05, 0) is 48.5 Å². The number of benzene rings is 2. The lowest BCUT2D eigenvalue weighted by Gasteiger charge is -2.36. The van der Waals surface area contributed by atoms with Crippen molar-refractivity contribution in [2.45, 2.75) is 17.4 Å². The van der Waals surface area contributed by atoms with Crippen molar-refractivity contribution in [1.29, 1.82) is 0 Å². The van der Waals surface area contributed by atoms with Gasteiger partial charge in [0.25, 0.3) is 5.91 Å². The maximum absolute atomic E-state index is 12.9. The Morgan fingerprint density at radius 3 is 2.10 bits per heavy atom. The molecule has 30 heavy (non-hydrogen) atoms. The van der Waals surface area contributed by atoms with Crippen LogP contribution in [0.3, 0.4) is 0 Å². The number of nitrogens with zero attached hydrogens (tertiary/aromatic N) is 3. The van der Waals surface area contributed by atoms with Crippen LogP contribution < -0.4 is 4.90 Å². The summed E-state index contributed by atoms with van der Waals surface area (Å²) in [6.07, 6.45) is 0.0961. The Morgan fingerprint density at radius 1 is 0.900 bits per heavy atom. The topological polar surface area (TPSA) is 78.0 Å². The molecule has 0 aromatic heterocycles. The van der Waals surface area contributed by atoms with Gasteiger partial charge in [-0.3, -0.25) is 14.5 Å². The van der Waals surface area contributed by atoms with Gasteiger partial charge in [-0.2, -0.15) is 4.31 Å². The molecule has 2 aliphatic heterocycles. The third-order valence-electron chi connectivity index (χ3n) is 5.37. The number of piperazine rings is 1. The Morgan fingerprint density at radius 2 is 1.50 bits per heavy atom. The van der Waals surface area contributed by atoms with E-state index in [1.807, 2.05) is 4.90 Å². The average Bonchev–Trinajstić information content (AvgIpc) is 3.03. The van der Waals surface area contributed by atoms with Gasteiger partial charge < -0.3 is 0 Å². The highest BCUT2D eigenvalue weighted by molar-refractivity contribution is 9.10. The van der Waals surface area contributed by atoms with Crippen LogP contribution in [-0.4, -0.2) is 61.7 Å². The van der Waals surface area contributed by atoms with Crippen LogP contribution in [0.15, 0.2) is 57.9 Å². The quantitative estimate of drug-likeness (QED) is 0.589. The number of carbonyl (C=O) groups is 2. The van der Waals surface area contributed by atoms with Crippen molar-refractivity contribution in [3.05, 3.63) is 58.0 Å². The lowest BCUT2D eigenvalue weighted by Crippen LogP contribution is -2.53. The fourth-order valence-electron chi connectivity index (χ4n) is 3.77. The van der Waals surface area contributed by atoms with Crippen LogP contribution >= 0.6 is 27.5 Å². The van der Waals surface area contributed by atoms with Crippen molar-refractivity contribution < 1.29 is 18.0 Å². The zero-order chi connectivity index (χ0) is 21.5. The van der Waals surface area contributed by atoms with Gasteiger partial charge in [0.15, 0.2) is 0 Å². The summed E-state index contributed by atoms with van der Waals surface area (Å²) in [5.41, 5.74) is 0.541. The zero-order valence-corrected chi connectivity index (χ0v) is 19.0. The number of anilines is 1. The molecule has 0 radical (unpaired) electrons. The van der Waals surface area contributed by atoms with Gasteiger partial charge in [-0.25, -0.2) is 13.3 Å². The molecule has 158 valence electrons. The second-order valence-corrected chi connectivity index (χ2v) is 10.4. The molecule has 0 saturated carbocycles. The number of imide groups is 1. The lowest BCUT2D eigenvalue weighted by molar-refractivity contribution is -0.123. The normalized spacial score (nSPS) is 21.4. The van der Waals surface area contributed by atoms with Gasteiger partial charge in [0.1, 0.15) is 0 Å². The minimum absolute atomic E-state index is 0.0961. The summed E-state index contributed by atoms with van der Waals surface area (Å²) in [5, 5.41) is 0.471. The van der Waals surface area contributed by atoms with E-state index in [0.717, 1.165) is 4.47 Å². The molecule has 0 spiro atoms. The molecule has 7 nitrogen and oxygen atoms in total. The Hall–Kier alpha value is -1.78. The van der Waals surface area contributed by atoms with Crippen LogP contribution in [0.4, 0.5) is 5.69 Å². The number of hydrogen-bond acceptors (Lipinski definition) is 5. The first kappa shape index (κ1) is 21.5. The minimum Gasteiger partial charge on any atom is -0.289 e. The molecule has 0 unspecified atom stereocenters. The molecule has 2 saturated heterocycles. The number of rotatable bonds is 4. The van der Waals surface area contributed by atoms with Gasteiger partial charge in [0.2, 0.25) is 15.9 Å². The molecule has 10 heteroatoms. The molecule has 2 aliphatic rings. The number of halogens is 2. The molecule has 2 fully saturated rings. The highest BCUT2D eigenvalue weighted by Gasteiger charge is 2.44. The van der Waals surface area contributed by atoms with Crippen molar-refractivity contribution in [2.75, 3.05) is 31.1 Å². The standard InChI is InChI=1S/C20H19BrClN3O4S/c21-14-1-5-16(6-2-14)25-19(26)13-18(20(25)27)23-9-11-24(12-10-23)30(28,29)17-7-3-15(22)4-8-17/h1-8,18H,9-13H2/t18-/m1/s1. The number of amides is 2. The van der Waals surface area contributed by atoms with E-state index in [2.05, 4.69) is 15.9 Å². The first-order valence-corrected chi connectivity index (χ1v) is 12.0. The highest BCUT2D eigenvalue weighted by Crippen LogP contribution is 2.28. The molecule has 2 amide bonds. The summed E-state index contributed by atoms with van der Waals surface area (Å²) in [7, 11) is -3.63. The third-order valence-corrected chi connectivity index (χ3v) is 8.07. The van der Waals surface area contributed by atoms with Crippen LogP contribution in [0.25, 0.3) is 0 Å². The SMILES string of the molecule is O=C1C[C@@H](N2CCN(S(=O)(=O)c3ccc(Cl)cc3)CC2)C(=O)N1c1ccc(Br)cc1. The molecule has 0 bridgehead atoms. The summed E-state index contributed by atoms with van der Waals surface area (Å²) in [6, 6.07) is 12.5. The Labute approximate surface area is 188 Å². The van der Waals surface area contributed by atoms with Crippen LogP contribution in [0, 0.1) is 0 Å². The zero-order valence-electron chi connectivity index (χ0n) is 15.9. The Bertz CT molecular complexity index is 1070. The maximum Gasteiger partial charge on any atom is 0.251 e. The second kappa shape index (κ2) is 8.39. The largest absolute Gasteiger partial charge is 0.289 e. The molecular formula is C20H19BrClN3O4S. The smallest absolute Gasteiger partial charge is 0.251 e. The van der Waals surface area contributed by atoms with Gasteiger partial charge in [-0.1, -0.05) is 27.5 Å². The number of carbonyl (C=O) groups excluding carboxylic acids is 2. The fraction of sp³-hybridized carbons (Fsp3) is 0.300. The molecule has 1 atom stereocenters. The van der Waals surface area contributed by atoms with Crippen LogP contribution in [0.5, 0.6) is 0 Å². The summed E-state index contributed by atoms with van der Waals surface area (Å²) in [5.74, 6) is -0.514. The lowest BCUT2D eigenvalue weighted by atomic mass is 10.2. The Kier molecular flexibility index (Phi) is 6.00. The van der Waals surface area contributed by atoms with E-state index in [1.54, 1.807) is 36.4 Å². The summed E-state index contributed by atoms with van der Waals surface area (Å²) < 4.78 is 27.9. The predicted molar refractivity (Wildman–Crippen MR) is 117 cm³/mol. The third kappa shape index (κ3) is 4.04. The maximum atomic E-state index is 12.9. The summed E-state index contributed by atoms with van der Waals surface area (Å²) >= 11 is 9.19. The van der Waals surface area contributed by atoms with E-state index in [0.29, 0.717) is 23.8 Å². The molecule has 0 aliphatic carbocycles. The van der Waals surface area contributed by atoms with Crippen LogP contribution in [0.1, 0.15) is 6.42 Å². The van der Waals surface area contributed by atoms with Crippen molar-refractivity contribution >= 4 is 55.1 Å². The van der Waals surface area contributed by atoms with Crippen LogP contribution in [-0.2, 0) is 19.6 Å². The Balaban J connectivity index is 1.44. The summed E-state index contributed by atoms with van der Waals surface area (Å²) in [6.45, 7) is 1.26. The van der Waals surface area contributed by atoms with Gasteiger partial charge in [0, 0.05) is 35.7 Å². The van der Waals surface area contributed by atoms with E-state index < -0.39 is 16.1 Å². The second-order valence-electron chi connectivity index (χ2n) is 7.16. The number of hydrogen-bond donors (Lipinski definition) is 0. The van der Waals surface area contributed by atoms with Crippen molar-refractivity contribution in [1.82, 2.24) is 9.21 Å². The first-order chi connectivity index (χ1) is 14.3. The molecule has 4 rings (SSSR count). The van der Waals surface area contributed by atoms with Gasteiger partial charge in [-0.15, -0.1) is 0 Å². The molecule has 2 aromatic carbocycles. The van der Waals surface area contributed by atoms with E-state index in [9.17, 15) is 18.0 Å². The average molecular weight is 513 g/mol. The summed E-state index contributed by atoms with van der Waals surface area (Å²) in [4.78, 5) is 28.7. The highest BCUT2D eigenvalue weighted by atomic mass is 79.9. The van der Waals surface area contributed by atoms with Crippen molar-refractivity contribution in [3.8, 4) is 0 Å². The van der Waals surface area contributed by atoms with Gasteiger partial charge >= 0.3 is 0 Å². The molecule has 2 aromatic rings. The minimum atomic E-state index is -3.63. The molecular weight excluding hydrogens is 494 g/mol. The molecule has 2 heterocycles. The van der Waals surface area contributed by atoms with E-state index in [4.69, 9.17) is 11.6 Å². The first-order valence-electron chi connectivity index (χ1n) is 9.39. The van der Waals surface area contributed by atoms with Crippen LogP contribution in [0.2, 0.25) is 5.02 Å². The number of sulfonamides is 1. The van der Waals surface area contributed by atoms with Crippen molar-refractivity contribution in [2.24, 2.45) is 0 Å². The monoisotopic (exact) mass is 511 g/mol. The van der Waals surface area contributed by atoms with E-state index >= 15 is 0 Å². The fourth-order valence-corrected chi connectivity index (χ4v) is 5.59. The predicted octanol–water partition coefficient (Wildman–Crippen LogP) is 2.74. The van der Waals surface area contributed by atoms with Crippen molar-refractivity contribution in [3.63, 3.8) is 0 Å². The van der Waals surface area contributed by atoms with Gasteiger partial charge in [0.05, 0.1) is 23.0 Å². The van der Waals surface area contributed by atoms with E-state index in [1.165, 1.54) is 21.3 Å². The molecule has 0 N–H and O–H groups in total. The van der Waals surface area contributed by atoms with E-state index in [-0.39, 0.29) is 36.2 Å².